The number of rotatable bonds is 6. The maximum atomic E-state index is 11.3. The van der Waals surface area contributed by atoms with Gasteiger partial charge in [-0.15, -0.1) is 0 Å². The van der Waals surface area contributed by atoms with Crippen LogP contribution in [-0.2, 0) is 17.7 Å². The molecule has 4 heteroatoms. The van der Waals surface area contributed by atoms with E-state index in [-0.39, 0.29) is 5.97 Å². The van der Waals surface area contributed by atoms with Crippen LogP contribution in [0, 0.1) is 6.92 Å². The molecule has 20 heavy (non-hydrogen) atoms. The monoisotopic (exact) mass is 273 g/mol. The van der Waals surface area contributed by atoms with Crippen LogP contribution < -0.4 is 5.32 Å². The van der Waals surface area contributed by atoms with Crippen LogP contribution >= 0.6 is 0 Å². The van der Waals surface area contributed by atoms with Crippen LogP contribution in [0.25, 0.3) is 0 Å². The lowest BCUT2D eigenvalue weighted by atomic mass is 10.1. The summed E-state index contributed by atoms with van der Waals surface area (Å²) in [5.74, 6) is 0.356. The standard InChI is InChI=1S/C16H19NO3/c1-12-4-3-5-13(8-12)6-7-17-10-15-9-14(11-20-15)16(18)19-2/h3-5,8-9,11,17H,6-7,10H2,1-2H3. The third-order valence-corrected chi connectivity index (χ3v) is 3.05. The zero-order valence-corrected chi connectivity index (χ0v) is 11.8. The van der Waals surface area contributed by atoms with Crippen LogP contribution in [0.15, 0.2) is 41.0 Å². The summed E-state index contributed by atoms with van der Waals surface area (Å²) in [6.45, 7) is 3.55. The number of ether oxygens (including phenoxy) is 1. The van der Waals surface area contributed by atoms with Crippen molar-refractivity contribution in [1.82, 2.24) is 5.32 Å². The molecule has 2 aromatic rings. The molecule has 1 aromatic heterocycles. The summed E-state index contributed by atoms with van der Waals surface area (Å²) in [6.07, 6.45) is 2.38. The number of furan rings is 1. The number of nitrogens with one attached hydrogen (secondary N) is 1. The van der Waals surface area contributed by atoms with Crippen molar-refractivity contribution >= 4 is 5.97 Å². The Bertz CT molecular complexity index is 575. The van der Waals surface area contributed by atoms with Crippen molar-refractivity contribution in [3.05, 3.63) is 59.0 Å². The maximum Gasteiger partial charge on any atom is 0.341 e. The Labute approximate surface area is 118 Å². The molecular weight excluding hydrogens is 254 g/mol. The number of hydrogen-bond acceptors (Lipinski definition) is 4. The van der Waals surface area contributed by atoms with Crippen molar-refractivity contribution in [2.75, 3.05) is 13.7 Å². The smallest absolute Gasteiger partial charge is 0.341 e. The number of aryl methyl sites for hydroxylation is 1. The summed E-state index contributed by atoms with van der Waals surface area (Å²) in [4.78, 5) is 11.3. The molecule has 1 aromatic carbocycles. The van der Waals surface area contributed by atoms with Gasteiger partial charge < -0.3 is 14.5 Å². The molecule has 2 rings (SSSR count). The summed E-state index contributed by atoms with van der Waals surface area (Å²) < 4.78 is 9.92. The minimum atomic E-state index is -0.375. The second kappa shape index (κ2) is 6.91. The second-order valence-corrected chi connectivity index (χ2v) is 4.71. The van der Waals surface area contributed by atoms with E-state index >= 15 is 0 Å². The first kappa shape index (κ1) is 14.3. The van der Waals surface area contributed by atoms with E-state index in [0.717, 1.165) is 18.7 Å². The number of hydrogen-bond donors (Lipinski definition) is 1. The van der Waals surface area contributed by atoms with Crippen molar-refractivity contribution in [2.24, 2.45) is 0 Å². The molecule has 0 saturated heterocycles. The molecule has 0 atom stereocenters. The molecule has 1 heterocycles. The average molecular weight is 273 g/mol. The van der Waals surface area contributed by atoms with E-state index in [4.69, 9.17) is 4.42 Å². The Morgan fingerprint density at radius 1 is 1.35 bits per heavy atom. The Hall–Kier alpha value is -2.07. The quantitative estimate of drug-likeness (QED) is 0.649. The van der Waals surface area contributed by atoms with Crippen LogP contribution in [-0.4, -0.2) is 19.6 Å². The first-order valence-electron chi connectivity index (χ1n) is 6.61. The Balaban J connectivity index is 1.76. The lowest BCUT2D eigenvalue weighted by Crippen LogP contribution is -2.16. The fourth-order valence-electron chi connectivity index (χ4n) is 2.01. The van der Waals surface area contributed by atoms with E-state index < -0.39 is 0 Å². The minimum absolute atomic E-state index is 0.375. The van der Waals surface area contributed by atoms with Crippen molar-refractivity contribution < 1.29 is 13.9 Å². The summed E-state index contributed by atoms with van der Waals surface area (Å²) in [6, 6.07) is 10.2. The summed E-state index contributed by atoms with van der Waals surface area (Å²) >= 11 is 0. The van der Waals surface area contributed by atoms with Crippen molar-refractivity contribution in [3.8, 4) is 0 Å². The largest absolute Gasteiger partial charge is 0.467 e. The predicted molar refractivity (Wildman–Crippen MR) is 76.6 cm³/mol. The highest BCUT2D eigenvalue weighted by Crippen LogP contribution is 2.09. The number of carbonyl (C=O) groups is 1. The first-order valence-corrected chi connectivity index (χ1v) is 6.61. The molecule has 0 fully saturated rings. The van der Waals surface area contributed by atoms with E-state index in [0.29, 0.717) is 12.1 Å². The van der Waals surface area contributed by atoms with Gasteiger partial charge in [0, 0.05) is 0 Å². The average Bonchev–Trinajstić information content (AvgIpc) is 2.92. The van der Waals surface area contributed by atoms with Gasteiger partial charge in [-0.2, -0.15) is 0 Å². The highest BCUT2D eigenvalue weighted by molar-refractivity contribution is 5.88. The van der Waals surface area contributed by atoms with Gasteiger partial charge in [-0.3, -0.25) is 0 Å². The third kappa shape index (κ3) is 3.96. The fourth-order valence-corrected chi connectivity index (χ4v) is 2.01. The zero-order chi connectivity index (χ0) is 14.4. The predicted octanol–water partition coefficient (Wildman–Crippen LogP) is 2.71. The van der Waals surface area contributed by atoms with E-state index in [1.165, 1.54) is 24.5 Å². The molecule has 0 bridgehead atoms. The van der Waals surface area contributed by atoms with Crippen LogP contribution in [0.4, 0.5) is 0 Å². The molecule has 0 unspecified atom stereocenters. The summed E-state index contributed by atoms with van der Waals surface area (Å²) in [5.41, 5.74) is 3.03. The molecule has 1 N–H and O–H groups in total. The van der Waals surface area contributed by atoms with Crippen molar-refractivity contribution in [3.63, 3.8) is 0 Å². The van der Waals surface area contributed by atoms with E-state index in [2.05, 4.69) is 41.2 Å². The molecule has 0 aliphatic carbocycles. The Kier molecular flexibility index (Phi) is 4.96. The third-order valence-electron chi connectivity index (χ3n) is 3.05. The van der Waals surface area contributed by atoms with Gasteiger partial charge in [-0.1, -0.05) is 29.8 Å². The van der Waals surface area contributed by atoms with Crippen LogP contribution in [0.2, 0.25) is 0 Å². The number of benzene rings is 1. The van der Waals surface area contributed by atoms with E-state index in [1.807, 2.05) is 0 Å². The van der Waals surface area contributed by atoms with Crippen LogP contribution in [0.1, 0.15) is 27.2 Å². The molecule has 0 aliphatic rings. The fraction of sp³-hybridized carbons (Fsp3) is 0.312. The molecule has 0 saturated carbocycles. The second-order valence-electron chi connectivity index (χ2n) is 4.71. The number of methoxy groups -OCH3 is 1. The van der Waals surface area contributed by atoms with Crippen molar-refractivity contribution in [2.45, 2.75) is 19.9 Å². The molecule has 106 valence electrons. The summed E-state index contributed by atoms with van der Waals surface area (Å²) in [5, 5.41) is 3.29. The van der Waals surface area contributed by atoms with Gasteiger partial charge >= 0.3 is 5.97 Å². The molecule has 0 amide bonds. The molecule has 0 radical (unpaired) electrons. The van der Waals surface area contributed by atoms with E-state index in [9.17, 15) is 4.79 Å². The SMILES string of the molecule is COC(=O)c1coc(CNCCc2cccc(C)c2)c1. The Morgan fingerprint density at radius 3 is 2.95 bits per heavy atom. The normalized spacial score (nSPS) is 10.5. The van der Waals surface area contributed by atoms with Gasteiger partial charge in [0.25, 0.3) is 0 Å². The van der Waals surface area contributed by atoms with Gasteiger partial charge in [0.05, 0.1) is 19.2 Å². The van der Waals surface area contributed by atoms with Gasteiger partial charge in [0.1, 0.15) is 12.0 Å². The van der Waals surface area contributed by atoms with Gasteiger partial charge in [0.15, 0.2) is 0 Å². The van der Waals surface area contributed by atoms with Crippen molar-refractivity contribution in [1.29, 1.82) is 0 Å². The lowest BCUT2D eigenvalue weighted by molar-refractivity contribution is 0.0600. The van der Waals surface area contributed by atoms with Gasteiger partial charge in [-0.05, 0) is 31.5 Å². The molecule has 0 spiro atoms. The first-order chi connectivity index (χ1) is 9.69. The summed E-state index contributed by atoms with van der Waals surface area (Å²) in [7, 11) is 1.36. The topological polar surface area (TPSA) is 51.5 Å². The number of carbonyl (C=O) groups excluding carboxylic acids is 1. The molecular formula is C16H19NO3. The highest BCUT2D eigenvalue weighted by atomic mass is 16.5. The van der Waals surface area contributed by atoms with Gasteiger partial charge in [0.2, 0.25) is 0 Å². The highest BCUT2D eigenvalue weighted by Gasteiger charge is 2.09. The molecule has 0 aliphatic heterocycles. The number of esters is 1. The van der Waals surface area contributed by atoms with Crippen LogP contribution in [0.5, 0.6) is 0 Å². The lowest BCUT2D eigenvalue weighted by Gasteiger charge is -2.04. The maximum absolute atomic E-state index is 11.3. The van der Waals surface area contributed by atoms with Crippen LogP contribution in [0.3, 0.4) is 0 Å². The van der Waals surface area contributed by atoms with Gasteiger partial charge in [-0.25, -0.2) is 4.79 Å². The Morgan fingerprint density at radius 2 is 2.20 bits per heavy atom. The molecule has 4 nitrogen and oxygen atoms in total. The zero-order valence-electron chi connectivity index (χ0n) is 11.8. The van der Waals surface area contributed by atoms with E-state index in [1.54, 1.807) is 6.07 Å². The minimum Gasteiger partial charge on any atom is -0.467 e.